The van der Waals surface area contributed by atoms with Crippen LogP contribution in [0.1, 0.15) is 0 Å². The summed E-state index contributed by atoms with van der Waals surface area (Å²) in [6.45, 7) is 0. The molecule has 7 heteroatoms. The molecule has 2 amide bonds. The van der Waals surface area contributed by atoms with Gasteiger partial charge in [-0.3, -0.25) is 4.72 Å². The number of halogens is 3. The number of rotatable bonds is 2. The van der Waals surface area contributed by atoms with Gasteiger partial charge in [0.15, 0.2) is 0 Å². The average Bonchev–Trinajstić information content (AvgIpc) is 2.01. The van der Waals surface area contributed by atoms with Gasteiger partial charge in [0.05, 0.1) is 0 Å². The number of urea groups is 1. The first-order chi connectivity index (χ1) is 6.50. The topological polar surface area (TPSA) is 55.1 Å². The Kier molecular flexibility index (Phi) is 3.23. The van der Waals surface area contributed by atoms with Crippen LogP contribution in [0.15, 0.2) is 17.0 Å². The molecule has 0 spiro atoms. The zero-order valence-corrected chi connectivity index (χ0v) is 7.50. The first-order valence-corrected chi connectivity index (χ1v) is 4.19. The van der Waals surface area contributed by atoms with Gasteiger partial charge in [0.25, 0.3) is 0 Å². The molecule has 0 radical (unpaired) electrons. The van der Waals surface area contributed by atoms with E-state index in [0.717, 1.165) is 0 Å². The fraction of sp³-hybridized carbons (Fsp3) is 0. The van der Waals surface area contributed by atoms with Gasteiger partial charge in [-0.1, -0.05) is 0 Å². The Balaban J connectivity index is 2.91. The molecule has 14 heavy (non-hydrogen) atoms. The summed E-state index contributed by atoms with van der Waals surface area (Å²) in [7, 11) is 0. The van der Waals surface area contributed by atoms with Gasteiger partial charge in [-0.15, -0.1) is 0 Å². The molecule has 0 saturated heterocycles. The molecular formula is C7H5F3N2OS. The van der Waals surface area contributed by atoms with E-state index in [1.807, 2.05) is 4.72 Å². The first kappa shape index (κ1) is 10.7. The number of hydrogen-bond acceptors (Lipinski definition) is 2. The summed E-state index contributed by atoms with van der Waals surface area (Å²) in [5.74, 6) is -3.22. The van der Waals surface area contributed by atoms with Crippen molar-refractivity contribution in [2.75, 3.05) is 0 Å². The summed E-state index contributed by atoms with van der Waals surface area (Å²) in [5.41, 5.74) is 4.68. The van der Waals surface area contributed by atoms with Crippen molar-refractivity contribution >= 4 is 18.0 Å². The van der Waals surface area contributed by atoms with Crippen LogP contribution in [0.3, 0.4) is 0 Å². The Hall–Kier alpha value is -1.37. The molecule has 1 rings (SSSR count). The molecule has 0 aliphatic rings. The Morgan fingerprint density at radius 1 is 1.29 bits per heavy atom. The molecule has 0 aliphatic heterocycles. The van der Waals surface area contributed by atoms with Gasteiger partial charge >= 0.3 is 6.03 Å². The highest BCUT2D eigenvalue weighted by Gasteiger charge is 2.12. The van der Waals surface area contributed by atoms with Crippen LogP contribution < -0.4 is 10.5 Å². The summed E-state index contributed by atoms with van der Waals surface area (Å²) in [6.07, 6.45) is 0. The quantitative estimate of drug-likeness (QED) is 0.749. The van der Waals surface area contributed by atoms with Crippen molar-refractivity contribution in [3.05, 3.63) is 29.6 Å². The van der Waals surface area contributed by atoms with Crippen LogP contribution >= 0.6 is 11.9 Å². The summed E-state index contributed by atoms with van der Waals surface area (Å²) >= 11 is 0.349. The van der Waals surface area contributed by atoms with E-state index < -0.39 is 28.4 Å². The lowest BCUT2D eigenvalue weighted by Gasteiger charge is -2.03. The van der Waals surface area contributed by atoms with Crippen molar-refractivity contribution in [3.63, 3.8) is 0 Å². The van der Waals surface area contributed by atoms with E-state index in [4.69, 9.17) is 0 Å². The van der Waals surface area contributed by atoms with Gasteiger partial charge in [0.1, 0.15) is 22.3 Å². The first-order valence-electron chi connectivity index (χ1n) is 3.37. The van der Waals surface area contributed by atoms with E-state index >= 15 is 0 Å². The predicted molar refractivity (Wildman–Crippen MR) is 44.9 cm³/mol. The minimum absolute atomic E-state index is 0.349. The highest BCUT2D eigenvalue weighted by Crippen LogP contribution is 2.23. The van der Waals surface area contributed by atoms with E-state index in [9.17, 15) is 18.0 Å². The number of nitrogens with one attached hydrogen (secondary N) is 1. The average molecular weight is 222 g/mol. The van der Waals surface area contributed by atoms with Crippen LogP contribution in [-0.2, 0) is 0 Å². The predicted octanol–water partition coefficient (Wildman–Crippen LogP) is 1.78. The number of hydrogen-bond donors (Lipinski definition) is 2. The maximum Gasteiger partial charge on any atom is 0.322 e. The second-order valence-corrected chi connectivity index (χ2v) is 3.08. The van der Waals surface area contributed by atoms with Crippen molar-refractivity contribution in [3.8, 4) is 0 Å². The Bertz CT molecular complexity index is 349. The van der Waals surface area contributed by atoms with Gasteiger partial charge in [-0.25, -0.2) is 18.0 Å². The van der Waals surface area contributed by atoms with Crippen LogP contribution in [0, 0.1) is 17.5 Å². The maximum atomic E-state index is 12.9. The summed E-state index contributed by atoms with van der Waals surface area (Å²) in [5, 5.41) is 0. The van der Waals surface area contributed by atoms with Gasteiger partial charge in [0, 0.05) is 12.1 Å². The fourth-order valence-corrected chi connectivity index (χ4v) is 1.24. The van der Waals surface area contributed by atoms with Gasteiger partial charge < -0.3 is 5.73 Å². The van der Waals surface area contributed by atoms with Gasteiger partial charge in [-0.2, -0.15) is 0 Å². The maximum absolute atomic E-state index is 12.9. The molecule has 1 aromatic carbocycles. The lowest BCUT2D eigenvalue weighted by Crippen LogP contribution is -2.23. The molecule has 3 nitrogen and oxygen atoms in total. The molecular weight excluding hydrogens is 217 g/mol. The summed E-state index contributed by atoms with van der Waals surface area (Å²) in [4.78, 5) is 9.72. The van der Waals surface area contributed by atoms with E-state index in [2.05, 4.69) is 5.73 Å². The standard InChI is InChI=1S/C7H5F3N2OS/c8-3-1-4(9)6(5(10)2-3)14-12-7(11)13/h1-2H,(H3,11,12,13). The SMILES string of the molecule is NC(=O)NSc1c(F)cc(F)cc1F. The van der Waals surface area contributed by atoms with Gasteiger partial charge in [0.2, 0.25) is 0 Å². The van der Waals surface area contributed by atoms with Crippen LogP contribution in [0.25, 0.3) is 0 Å². The van der Waals surface area contributed by atoms with Crippen molar-refractivity contribution < 1.29 is 18.0 Å². The largest absolute Gasteiger partial charge is 0.351 e. The molecule has 0 aliphatic carbocycles. The van der Waals surface area contributed by atoms with Crippen molar-refractivity contribution in [2.24, 2.45) is 5.73 Å². The monoisotopic (exact) mass is 222 g/mol. The highest BCUT2D eigenvalue weighted by molar-refractivity contribution is 7.98. The lowest BCUT2D eigenvalue weighted by molar-refractivity contribution is 0.254. The number of nitrogens with two attached hydrogens (primary N) is 1. The van der Waals surface area contributed by atoms with Crippen molar-refractivity contribution in [2.45, 2.75) is 4.90 Å². The Morgan fingerprint density at radius 2 is 1.79 bits per heavy atom. The molecule has 0 bridgehead atoms. The number of amides is 2. The zero-order valence-electron chi connectivity index (χ0n) is 6.68. The van der Waals surface area contributed by atoms with Crippen molar-refractivity contribution in [1.29, 1.82) is 0 Å². The number of carbonyl (C=O) groups is 1. The van der Waals surface area contributed by atoms with Crippen LogP contribution in [-0.4, -0.2) is 6.03 Å². The fourth-order valence-electron chi connectivity index (χ4n) is 0.728. The van der Waals surface area contributed by atoms with Crippen LogP contribution in [0.2, 0.25) is 0 Å². The zero-order chi connectivity index (χ0) is 10.7. The van der Waals surface area contributed by atoms with E-state index in [1.165, 1.54) is 0 Å². The normalized spacial score (nSPS) is 9.93. The van der Waals surface area contributed by atoms with Crippen molar-refractivity contribution in [1.82, 2.24) is 4.72 Å². The molecule has 0 heterocycles. The molecule has 0 atom stereocenters. The molecule has 3 N–H and O–H groups in total. The highest BCUT2D eigenvalue weighted by atomic mass is 32.2. The van der Waals surface area contributed by atoms with Gasteiger partial charge in [-0.05, 0) is 11.9 Å². The third-order valence-corrected chi connectivity index (χ3v) is 2.11. The van der Waals surface area contributed by atoms with E-state index in [1.54, 1.807) is 0 Å². The van der Waals surface area contributed by atoms with Crippen LogP contribution in [0.5, 0.6) is 0 Å². The lowest BCUT2D eigenvalue weighted by atomic mass is 10.3. The second-order valence-electron chi connectivity index (χ2n) is 2.27. The smallest absolute Gasteiger partial charge is 0.322 e. The molecule has 0 saturated carbocycles. The minimum atomic E-state index is -1.10. The van der Waals surface area contributed by atoms with E-state index in [-0.39, 0.29) is 0 Å². The molecule has 76 valence electrons. The summed E-state index contributed by atoms with van der Waals surface area (Å²) in [6, 6.07) is 0.0699. The second kappa shape index (κ2) is 4.23. The number of carbonyl (C=O) groups excluding carboxylic acids is 1. The molecule has 0 unspecified atom stereocenters. The van der Waals surface area contributed by atoms with Crippen LogP contribution in [0.4, 0.5) is 18.0 Å². The molecule has 0 fully saturated rings. The Labute approximate surface area is 81.6 Å². The Morgan fingerprint density at radius 3 is 2.21 bits per heavy atom. The molecule has 1 aromatic rings. The third kappa shape index (κ3) is 2.56. The summed E-state index contributed by atoms with van der Waals surface area (Å²) < 4.78 is 40.1. The minimum Gasteiger partial charge on any atom is -0.351 e. The third-order valence-electron chi connectivity index (χ3n) is 1.22. The van der Waals surface area contributed by atoms with E-state index in [0.29, 0.717) is 24.1 Å². The number of primary amides is 1. The number of benzene rings is 1. The molecule has 0 aromatic heterocycles.